The molecule has 0 fully saturated rings. The summed E-state index contributed by atoms with van der Waals surface area (Å²) in [5, 5.41) is 23.1. The first kappa shape index (κ1) is 16.9. The molecule has 0 radical (unpaired) electrons. The van der Waals surface area contributed by atoms with E-state index >= 15 is 0 Å². The van der Waals surface area contributed by atoms with Gasteiger partial charge in [0.15, 0.2) is 0 Å². The average Bonchev–Trinajstić information content (AvgIpc) is 2.34. The summed E-state index contributed by atoms with van der Waals surface area (Å²) < 4.78 is 0. The van der Waals surface area contributed by atoms with Crippen molar-refractivity contribution < 1.29 is 14.8 Å². The number of nitrogens with one attached hydrogen (secondary N) is 1. The predicted octanol–water partition coefficient (Wildman–Crippen LogP) is 3.45. The van der Waals surface area contributed by atoms with E-state index in [4.69, 9.17) is 0 Å². The Hall–Kier alpha value is -2.11. The minimum atomic E-state index is -0.861. The topological polar surface area (TPSA) is 92.5 Å². The molecule has 6 nitrogen and oxygen atoms in total. The number of hydrogen-bond donors (Lipinski definition) is 2. The summed E-state index contributed by atoms with van der Waals surface area (Å²) in [4.78, 5) is 21.6. The molecule has 0 spiro atoms. The molecule has 6 heteroatoms. The van der Waals surface area contributed by atoms with Crippen LogP contribution in [0.3, 0.4) is 0 Å². The van der Waals surface area contributed by atoms with Gasteiger partial charge in [0, 0.05) is 24.4 Å². The van der Waals surface area contributed by atoms with Crippen molar-refractivity contribution in [2.75, 3.05) is 11.9 Å². The van der Waals surface area contributed by atoms with Crippen LogP contribution >= 0.6 is 0 Å². The van der Waals surface area contributed by atoms with E-state index in [1.54, 1.807) is 6.07 Å². The summed E-state index contributed by atoms with van der Waals surface area (Å²) in [5.41, 5.74) is 1.35. The molecule has 1 aromatic rings. The molecule has 1 rings (SSSR count). The highest BCUT2D eigenvalue weighted by Gasteiger charge is 2.24. The van der Waals surface area contributed by atoms with Crippen LogP contribution < -0.4 is 5.32 Å². The summed E-state index contributed by atoms with van der Waals surface area (Å²) in [6.07, 6.45) is 0.531. The van der Waals surface area contributed by atoms with Crippen molar-refractivity contribution in [3.63, 3.8) is 0 Å². The third kappa shape index (κ3) is 5.41. The van der Waals surface area contributed by atoms with Crippen molar-refractivity contribution in [1.82, 2.24) is 0 Å². The van der Waals surface area contributed by atoms with E-state index in [0.29, 0.717) is 12.1 Å². The van der Waals surface area contributed by atoms with Crippen molar-refractivity contribution >= 4 is 17.3 Å². The molecule has 0 aliphatic rings. The summed E-state index contributed by atoms with van der Waals surface area (Å²) >= 11 is 0. The number of carboxylic acids is 1. The molecular formula is C15H22N2O4. The number of rotatable bonds is 6. The highest BCUT2D eigenvalue weighted by molar-refractivity contribution is 5.71. The molecule has 2 N–H and O–H groups in total. The minimum absolute atomic E-state index is 0.00852. The molecule has 116 valence electrons. The molecule has 0 aliphatic carbocycles. The van der Waals surface area contributed by atoms with Crippen molar-refractivity contribution in [3.8, 4) is 0 Å². The van der Waals surface area contributed by atoms with Gasteiger partial charge in [0.2, 0.25) is 0 Å². The first-order chi connectivity index (χ1) is 9.60. The molecular weight excluding hydrogens is 272 g/mol. The monoisotopic (exact) mass is 294 g/mol. The maximum absolute atomic E-state index is 11.3. The number of nitro groups is 1. The van der Waals surface area contributed by atoms with Gasteiger partial charge in [-0.3, -0.25) is 14.9 Å². The lowest BCUT2D eigenvalue weighted by Gasteiger charge is -2.24. The van der Waals surface area contributed by atoms with Gasteiger partial charge in [-0.05, 0) is 24.3 Å². The van der Waals surface area contributed by atoms with Crippen LogP contribution in [-0.4, -0.2) is 22.5 Å². The van der Waals surface area contributed by atoms with Gasteiger partial charge < -0.3 is 10.4 Å². The third-order valence-corrected chi connectivity index (χ3v) is 3.18. The summed E-state index contributed by atoms with van der Waals surface area (Å²) in [5.74, 6) is -1.40. The zero-order valence-electron chi connectivity index (χ0n) is 12.8. The van der Waals surface area contributed by atoms with Gasteiger partial charge in [0.25, 0.3) is 5.69 Å². The van der Waals surface area contributed by atoms with E-state index in [-0.39, 0.29) is 17.6 Å². The van der Waals surface area contributed by atoms with Crippen molar-refractivity contribution in [2.24, 2.45) is 11.3 Å². The number of non-ortho nitro benzene ring substituents is 1. The maximum atomic E-state index is 11.3. The van der Waals surface area contributed by atoms with E-state index in [9.17, 15) is 20.0 Å². The maximum Gasteiger partial charge on any atom is 0.308 e. The van der Waals surface area contributed by atoms with Crippen molar-refractivity contribution in [3.05, 3.63) is 33.9 Å². The Balaban J connectivity index is 2.83. The van der Waals surface area contributed by atoms with Crippen molar-refractivity contribution in [1.29, 1.82) is 0 Å². The van der Waals surface area contributed by atoms with Crippen LogP contribution in [0.15, 0.2) is 18.2 Å². The second-order valence-electron chi connectivity index (χ2n) is 6.44. The van der Waals surface area contributed by atoms with Gasteiger partial charge in [-0.25, -0.2) is 0 Å². The number of benzene rings is 1. The quantitative estimate of drug-likeness (QED) is 0.619. The first-order valence-corrected chi connectivity index (χ1v) is 6.82. The molecule has 1 atom stereocenters. The zero-order chi connectivity index (χ0) is 16.2. The zero-order valence-corrected chi connectivity index (χ0v) is 12.8. The largest absolute Gasteiger partial charge is 0.481 e. The fourth-order valence-corrected chi connectivity index (χ4v) is 2.13. The highest BCUT2D eigenvalue weighted by Crippen LogP contribution is 2.26. The average molecular weight is 294 g/mol. The molecule has 0 heterocycles. The van der Waals surface area contributed by atoms with Crippen LogP contribution in [0.1, 0.15) is 32.8 Å². The van der Waals surface area contributed by atoms with Crippen LogP contribution in [-0.2, 0) is 4.79 Å². The first-order valence-electron chi connectivity index (χ1n) is 6.82. The Labute approximate surface area is 124 Å². The number of anilines is 1. The van der Waals surface area contributed by atoms with Crippen molar-refractivity contribution in [2.45, 2.75) is 34.1 Å². The van der Waals surface area contributed by atoms with Gasteiger partial charge in [-0.2, -0.15) is 0 Å². The third-order valence-electron chi connectivity index (χ3n) is 3.18. The van der Waals surface area contributed by atoms with E-state index in [1.807, 2.05) is 27.7 Å². The molecule has 0 aromatic heterocycles. The smallest absolute Gasteiger partial charge is 0.308 e. The lowest BCUT2D eigenvalue weighted by Crippen LogP contribution is -2.27. The van der Waals surface area contributed by atoms with Gasteiger partial charge in [0.05, 0.1) is 10.8 Å². The van der Waals surface area contributed by atoms with Gasteiger partial charge in [-0.15, -0.1) is 0 Å². The van der Waals surface area contributed by atoms with E-state index in [1.165, 1.54) is 12.1 Å². The molecule has 1 aromatic carbocycles. The van der Waals surface area contributed by atoms with E-state index in [0.717, 1.165) is 5.56 Å². The van der Waals surface area contributed by atoms with E-state index < -0.39 is 16.8 Å². The second-order valence-corrected chi connectivity index (χ2v) is 6.44. The fourth-order valence-electron chi connectivity index (χ4n) is 2.13. The number of carbonyl (C=O) groups is 1. The second kappa shape index (κ2) is 6.56. The Morgan fingerprint density at radius 3 is 2.52 bits per heavy atom. The Kier molecular flexibility index (Phi) is 5.29. The molecule has 0 amide bonds. The highest BCUT2D eigenvalue weighted by atomic mass is 16.6. The number of nitrogens with zero attached hydrogens (tertiary/aromatic N) is 1. The van der Waals surface area contributed by atoms with Crippen LogP contribution in [0.5, 0.6) is 0 Å². The number of carboxylic acid groups (broad SMARTS) is 1. The Morgan fingerprint density at radius 2 is 2.05 bits per heavy atom. The Morgan fingerprint density at radius 1 is 1.43 bits per heavy atom. The number of nitro benzene ring substituents is 1. The lowest BCUT2D eigenvalue weighted by molar-refractivity contribution is -0.384. The number of aryl methyl sites for hydroxylation is 1. The molecule has 0 saturated heterocycles. The van der Waals surface area contributed by atoms with Gasteiger partial charge >= 0.3 is 5.97 Å². The summed E-state index contributed by atoms with van der Waals surface area (Å²) in [7, 11) is 0. The molecule has 0 aliphatic heterocycles. The molecule has 21 heavy (non-hydrogen) atoms. The van der Waals surface area contributed by atoms with Gasteiger partial charge in [-0.1, -0.05) is 26.8 Å². The fraction of sp³-hybridized carbons (Fsp3) is 0.533. The molecule has 1 unspecified atom stereocenters. The normalized spacial score (nSPS) is 12.8. The predicted molar refractivity (Wildman–Crippen MR) is 81.5 cm³/mol. The molecule has 0 bridgehead atoms. The minimum Gasteiger partial charge on any atom is -0.481 e. The summed E-state index contributed by atoms with van der Waals surface area (Å²) in [6.45, 7) is 8.03. The Bertz CT molecular complexity index is 535. The van der Waals surface area contributed by atoms with Crippen LogP contribution in [0.2, 0.25) is 0 Å². The lowest BCUT2D eigenvalue weighted by atomic mass is 9.84. The number of hydrogen-bond acceptors (Lipinski definition) is 4. The van der Waals surface area contributed by atoms with Gasteiger partial charge in [0.1, 0.15) is 0 Å². The summed E-state index contributed by atoms with van der Waals surface area (Å²) in [6, 6.07) is 4.52. The van der Waals surface area contributed by atoms with E-state index in [2.05, 4.69) is 5.32 Å². The standard InChI is InChI=1S/C15H22N2O4/c1-10-5-6-12(17(20)21)7-13(10)16-9-11(14(18)19)8-15(2,3)4/h5-7,11,16H,8-9H2,1-4H3,(H,18,19). The van der Waals surface area contributed by atoms with Crippen LogP contribution in [0.4, 0.5) is 11.4 Å². The number of aliphatic carboxylic acids is 1. The molecule has 0 saturated carbocycles. The van der Waals surface area contributed by atoms with Crippen LogP contribution in [0.25, 0.3) is 0 Å². The SMILES string of the molecule is Cc1ccc([N+](=O)[O-])cc1NCC(CC(C)(C)C)C(=O)O. The van der Waals surface area contributed by atoms with Crippen LogP contribution in [0, 0.1) is 28.4 Å².